The molecule has 1 saturated heterocycles. The van der Waals surface area contributed by atoms with Crippen LogP contribution in [0.25, 0.3) is 0 Å². The van der Waals surface area contributed by atoms with Gasteiger partial charge in [0.25, 0.3) is 0 Å². The number of hydrogen-bond donors (Lipinski definition) is 0. The first-order chi connectivity index (χ1) is 9.17. The fraction of sp³-hybridized carbons (Fsp3) is 0.923. The molecule has 1 fully saturated rings. The summed E-state index contributed by atoms with van der Waals surface area (Å²) in [7, 11) is -2.53. The highest BCUT2D eigenvalue weighted by molar-refractivity contribution is 6.60. The van der Waals surface area contributed by atoms with Crippen molar-refractivity contribution in [3.63, 3.8) is 0 Å². The number of likely N-dealkylation sites (tertiary alicyclic amines) is 1. The molecule has 1 aliphatic rings. The molecule has 0 atom stereocenters. The van der Waals surface area contributed by atoms with Gasteiger partial charge in [-0.3, -0.25) is 4.79 Å². The molecule has 0 radical (unpaired) electrons. The van der Waals surface area contributed by atoms with Gasteiger partial charge in [0.15, 0.2) is 0 Å². The molecule has 0 spiro atoms. The van der Waals surface area contributed by atoms with E-state index in [1.807, 2.05) is 25.7 Å². The Morgan fingerprint density at radius 1 is 1.11 bits per heavy atom. The van der Waals surface area contributed by atoms with Gasteiger partial charge in [0, 0.05) is 45.4 Å². The van der Waals surface area contributed by atoms with Crippen LogP contribution in [0.1, 0.15) is 40.0 Å². The summed E-state index contributed by atoms with van der Waals surface area (Å²) >= 11 is 0. The summed E-state index contributed by atoms with van der Waals surface area (Å²) in [6, 6.07) is 0.784. The van der Waals surface area contributed by atoms with Gasteiger partial charge >= 0.3 is 8.80 Å². The molecule has 0 saturated carbocycles. The summed E-state index contributed by atoms with van der Waals surface area (Å²) in [5.41, 5.74) is 0. The van der Waals surface area contributed by atoms with Gasteiger partial charge in [-0.25, -0.2) is 0 Å². The van der Waals surface area contributed by atoms with Gasteiger partial charge in [-0.2, -0.15) is 0 Å². The molecule has 0 aromatic rings. The van der Waals surface area contributed by atoms with Crippen LogP contribution in [0.2, 0.25) is 6.04 Å². The number of amides is 1. The second-order valence-electron chi connectivity index (χ2n) is 4.57. The predicted octanol–water partition coefficient (Wildman–Crippen LogP) is 2.05. The highest BCUT2D eigenvalue weighted by Gasteiger charge is 2.40. The molecule has 19 heavy (non-hydrogen) atoms. The van der Waals surface area contributed by atoms with Crippen LogP contribution in [0, 0.1) is 0 Å². The summed E-state index contributed by atoms with van der Waals surface area (Å²) in [6.07, 6.45) is 2.58. The van der Waals surface area contributed by atoms with E-state index < -0.39 is 8.80 Å². The van der Waals surface area contributed by atoms with Crippen molar-refractivity contribution in [1.29, 1.82) is 0 Å². The predicted molar refractivity (Wildman–Crippen MR) is 75.9 cm³/mol. The zero-order valence-electron chi connectivity index (χ0n) is 12.4. The summed E-state index contributed by atoms with van der Waals surface area (Å²) in [5, 5.41) is 0. The Balaban J connectivity index is 2.44. The SMILES string of the molecule is CCO[Si](CCCN1CCCC1=O)(OCC)OCC. The monoisotopic (exact) mass is 289 g/mol. The van der Waals surface area contributed by atoms with E-state index in [1.165, 1.54) is 0 Å². The highest BCUT2D eigenvalue weighted by Crippen LogP contribution is 2.19. The van der Waals surface area contributed by atoms with Gasteiger partial charge in [0.05, 0.1) is 0 Å². The maximum Gasteiger partial charge on any atom is 0.500 e. The molecule has 0 unspecified atom stereocenters. The molecule has 1 rings (SSSR count). The van der Waals surface area contributed by atoms with E-state index in [2.05, 4.69) is 0 Å². The van der Waals surface area contributed by atoms with E-state index >= 15 is 0 Å². The fourth-order valence-electron chi connectivity index (χ4n) is 2.43. The van der Waals surface area contributed by atoms with E-state index in [0.717, 1.165) is 32.0 Å². The molecule has 0 aliphatic carbocycles. The Hall–Kier alpha value is -0.433. The van der Waals surface area contributed by atoms with Crippen LogP contribution in [0.3, 0.4) is 0 Å². The molecule has 112 valence electrons. The average Bonchev–Trinajstić information content (AvgIpc) is 2.76. The van der Waals surface area contributed by atoms with E-state index in [4.69, 9.17) is 13.3 Å². The van der Waals surface area contributed by atoms with Gasteiger partial charge in [0.1, 0.15) is 0 Å². The standard InChI is InChI=1S/C13H27NO4Si/c1-4-16-19(17-5-2,18-6-3)12-8-11-14-10-7-9-13(14)15/h4-12H2,1-3H3. The Kier molecular flexibility index (Phi) is 7.59. The molecule has 0 bridgehead atoms. The van der Waals surface area contributed by atoms with Gasteiger partial charge < -0.3 is 18.2 Å². The fourth-order valence-corrected chi connectivity index (χ4v) is 5.02. The van der Waals surface area contributed by atoms with Gasteiger partial charge in [-0.15, -0.1) is 0 Å². The van der Waals surface area contributed by atoms with Crippen molar-refractivity contribution in [3.05, 3.63) is 0 Å². The van der Waals surface area contributed by atoms with E-state index in [1.54, 1.807) is 0 Å². The first kappa shape index (κ1) is 16.6. The minimum Gasteiger partial charge on any atom is -0.374 e. The van der Waals surface area contributed by atoms with Crippen LogP contribution >= 0.6 is 0 Å². The van der Waals surface area contributed by atoms with Crippen molar-refractivity contribution in [3.8, 4) is 0 Å². The first-order valence-corrected chi connectivity index (χ1v) is 9.30. The number of hydrogen-bond acceptors (Lipinski definition) is 4. The number of rotatable bonds is 10. The van der Waals surface area contributed by atoms with Crippen LogP contribution < -0.4 is 0 Å². The van der Waals surface area contributed by atoms with E-state index in [9.17, 15) is 4.79 Å². The molecule has 0 aromatic carbocycles. The quantitative estimate of drug-likeness (QED) is 0.578. The highest BCUT2D eigenvalue weighted by atomic mass is 28.4. The third-order valence-electron chi connectivity index (χ3n) is 3.18. The third-order valence-corrected chi connectivity index (χ3v) is 6.33. The van der Waals surface area contributed by atoms with Crippen molar-refractivity contribution in [2.75, 3.05) is 32.9 Å². The zero-order chi connectivity index (χ0) is 14.1. The molecule has 6 heteroatoms. The Labute approximate surface area is 117 Å². The smallest absolute Gasteiger partial charge is 0.374 e. The summed E-state index contributed by atoms with van der Waals surface area (Å²) < 4.78 is 17.4. The van der Waals surface area contributed by atoms with Gasteiger partial charge in [-0.1, -0.05) is 0 Å². The van der Waals surface area contributed by atoms with Crippen molar-refractivity contribution < 1.29 is 18.1 Å². The van der Waals surface area contributed by atoms with Gasteiger partial charge in [0.2, 0.25) is 5.91 Å². The number of nitrogens with zero attached hydrogens (tertiary/aromatic N) is 1. The van der Waals surface area contributed by atoms with Crippen molar-refractivity contribution >= 4 is 14.7 Å². The van der Waals surface area contributed by atoms with Gasteiger partial charge in [-0.05, 0) is 33.6 Å². The lowest BCUT2D eigenvalue weighted by molar-refractivity contribution is -0.127. The topological polar surface area (TPSA) is 48.0 Å². The molecule has 1 heterocycles. The summed E-state index contributed by atoms with van der Waals surface area (Å²) in [6.45, 7) is 9.39. The Morgan fingerprint density at radius 2 is 1.68 bits per heavy atom. The van der Waals surface area contributed by atoms with E-state index in [-0.39, 0.29) is 5.91 Å². The summed E-state index contributed by atoms with van der Waals surface area (Å²) in [4.78, 5) is 13.5. The second-order valence-corrected chi connectivity index (χ2v) is 7.30. The zero-order valence-corrected chi connectivity index (χ0v) is 13.4. The van der Waals surface area contributed by atoms with E-state index in [0.29, 0.717) is 26.2 Å². The average molecular weight is 289 g/mol. The molecule has 0 aromatic heterocycles. The second kappa shape index (κ2) is 8.68. The molecular weight excluding hydrogens is 262 g/mol. The van der Waals surface area contributed by atoms with Crippen LogP contribution in [0.4, 0.5) is 0 Å². The number of carbonyl (C=O) groups is 1. The normalized spacial score (nSPS) is 16.4. The first-order valence-electron chi connectivity index (χ1n) is 7.37. The Morgan fingerprint density at radius 3 is 2.11 bits per heavy atom. The third kappa shape index (κ3) is 5.22. The Bertz CT molecular complexity index is 258. The number of carbonyl (C=O) groups excluding carboxylic acids is 1. The van der Waals surface area contributed by atoms with Crippen LogP contribution in [-0.2, 0) is 18.1 Å². The lowest BCUT2D eigenvalue weighted by Crippen LogP contribution is -2.46. The van der Waals surface area contributed by atoms with Crippen molar-refractivity contribution in [1.82, 2.24) is 4.90 Å². The summed E-state index contributed by atoms with van der Waals surface area (Å²) in [5.74, 6) is 0.275. The molecule has 0 N–H and O–H groups in total. The van der Waals surface area contributed by atoms with Crippen LogP contribution in [0.5, 0.6) is 0 Å². The molecule has 5 nitrogen and oxygen atoms in total. The maximum atomic E-state index is 11.6. The maximum absolute atomic E-state index is 11.6. The minimum atomic E-state index is -2.53. The lowest BCUT2D eigenvalue weighted by atomic mass is 10.4. The van der Waals surface area contributed by atoms with Crippen molar-refractivity contribution in [2.45, 2.75) is 46.1 Å². The van der Waals surface area contributed by atoms with Crippen LogP contribution in [0.15, 0.2) is 0 Å². The molecule has 1 amide bonds. The minimum absolute atomic E-state index is 0.275. The largest absolute Gasteiger partial charge is 0.500 e. The molecule has 1 aliphatic heterocycles. The lowest BCUT2D eigenvalue weighted by Gasteiger charge is -2.29. The van der Waals surface area contributed by atoms with Crippen molar-refractivity contribution in [2.24, 2.45) is 0 Å². The van der Waals surface area contributed by atoms with Crippen LogP contribution in [-0.4, -0.2) is 52.5 Å². The molecular formula is C13H27NO4Si.